The van der Waals surface area contributed by atoms with Gasteiger partial charge in [-0.25, -0.2) is 18.1 Å². The molecule has 1 atom stereocenters. The lowest BCUT2D eigenvalue weighted by Gasteiger charge is -2.26. The molecule has 1 aliphatic rings. The van der Waals surface area contributed by atoms with Gasteiger partial charge in [0.15, 0.2) is 5.60 Å². The average Bonchev–Trinajstić information content (AvgIpc) is 3.66. The van der Waals surface area contributed by atoms with Crippen molar-refractivity contribution in [2.24, 2.45) is 0 Å². The molecule has 5 rings (SSSR count). The Bertz CT molecular complexity index is 1650. The maximum absolute atomic E-state index is 13.5. The summed E-state index contributed by atoms with van der Waals surface area (Å²) in [5, 5.41) is 10.7. The fraction of sp³-hybridized carbons (Fsp3) is 0.280. The van der Waals surface area contributed by atoms with Crippen LogP contribution in [0, 0.1) is 0 Å². The van der Waals surface area contributed by atoms with Crippen LogP contribution in [0.4, 0.5) is 19.0 Å². The molecule has 0 unspecified atom stereocenters. The Kier molecular flexibility index (Phi) is 6.67. The van der Waals surface area contributed by atoms with E-state index in [1.165, 1.54) is 23.6 Å². The summed E-state index contributed by atoms with van der Waals surface area (Å²) >= 11 is 7.74. The Balaban J connectivity index is 1.69. The lowest BCUT2D eigenvalue weighted by atomic mass is 9.94. The van der Waals surface area contributed by atoms with Gasteiger partial charge in [-0.2, -0.15) is 13.2 Å². The van der Waals surface area contributed by atoms with Crippen molar-refractivity contribution in [1.82, 2.24) is 14.7 Å². The molecule has 1 fully saturated rings. The zero-order chi connectivity index (χ0) is 27.5. The van der Waals surface area contributed by atoms with Crippen LogP contribution in [-0.2, 0) is 22.2 Å². The Labute approximate surface area is 225 Å². The number of hydrogen-bond donors (Lipinski definition) is 3. The Hall–Kier alpha value is -2.77. The summed E-state index contributed by atoms with van der Waals surface area (Å²) in [7, 11) is -3.51. The van der Waals surface area contributed by atoms with Crippen LogP contribution in [0.15, 0.2) is 48.7 Å². The topological polar surface area (TPSA) is 118 Å². The third kappa shape index (κ3) is 4.87. The normalized spacial score (nSPS) is 16.1. The van der Waals surface area contributed by atoms with Crippen LogP contribution in [0.1, 0.15) is 30.2 Å². The van der Waals surface area contributed by atoms with E-state index in [9.17, 15) is 26.7 Å². The minimum Gasteiger partial charge on any atom is -0.384 e. The predicted molar refractivity (Wildman–Crippen MR) is 142 cm³/mol. The van der Waals surface area contributed by atoms with Crippen molar-refractivity contribution in [3.63, 3.8) is 0 Å². The second-order valence-electron chi connectivity index (χ2n) is 9.21. The minimum absolute atomic E-state index is 0.0317. The van der Waals surface area contributed by atoms with E-state index < -0.39 is 27.1 Å². The highest BCUT2D eigenvalue weighted by Gasteiger charge is 2.51. The number of benzene rings is 1. The summed E-state index contributed by atoms with van der Waals surface area (Å²) in [6.07, 6.45) is -2.48. The van der Waals surface area contributed by atoms with Gasteiger partial charge < -0.3 is 10.8 Å². The highest BCUT2D eigenvalue weighted by Crippen LogP contribution is 2.45. The molecular weight excluding hydrogens is 561 g/mol. The summed E-state index contributed by atoms with van der Waals surface area (Å²) in [5.41, 5.74) is 4.13. The molecule has 3 aromatic heterocycles. The zero-order valence-electron chi connectivity index (χ0n) is 19.9. The number of anilines is 1. The highest BCUT2D eigenvalue weighted by molar-refractivity contribution is 7.90. The van der Waals surface area contributed by atoms with Gasteiger partial charge in [-0.15, -0.1) is 11.3 Å². The Morgan fingerprint density at radius 1 is 1.21 bits per heavy atom. The van der Waals surface area contributed by atoms with Crippen LogP contribution in [0.2, 0.25) is 5.02 Å². The zero-order valence-corrected chi connectivity index (χ0v) is 22.3. The number of rotatable bonds is 7. The summed E-state index contributed by atoms with van der Waals surface area (Å²) in [6.45, 7) is 0.656. The summed E-state index contributed by atoms with van der Waals surface area (Å²) in [5.74, 6) is 0.216. The minimum atomic E-state index is -4.89. The van der Waals surface area contributed by atoms with Gasteiger partial charge in [0.1, 0.15) is 5.82 Å². The number of halogens is 4. The number of nitrogens with zero attached hydrogens (tertiary/aromatic N) is 2. The van der Waals surface area contributed by atoms with Crippen LogP contribution < -0.4 is 10.5 Å². The second-order valence-corrected chi connectivity index (χ2v) is 12.8. The third-order valence-corrected chi connectivity index (χ3v) is 9.88. The largest absolute Gasteiger partial charge is 0.421 e. The molecular formula is C25H22ClF3N4O3S2. The number of pyridine rings is 2. The smallest absolute Gasteiger partial charge is 0.384 e. The quantitative estimate of drug-likeness (QED) is 0.261. The number of aliphatic hydroxyl groups is 1. The van der Waals surface area contributed by atoms with E-state index in [1.54, 1.807) is 30.3 Å². The number of nitrogen functional groups attached to an aromatic ring is 1. The van der Waals surface area contributed by atoms with E-state index in [4.69, 9.17) is 17.3 Å². The van der Waals surface area contributed by atoms with Crippen LogP contribution in [0.3, 0.4) is 0 Å². The van der Waals surface area contributed by atoms with Gasteiger partial charge in [-0.3, -0.25) is 4.98 Å². The summed E-state index contributed by atoms with van der Waals surface area (Å²) in [6, 6.07) is 10.7. The fourth-order valence-corrected chi connectivity index (χ4v) is 6.98. The first-order valence-corrected chi connectivity index (χ1v) is 14.2. The van der Waals surface area contributed by atoms with Crippen molar-refractivity contribution in [3.05, 3.63) is 64.1 Å². The maximum atomic E-state index is 13.5. The first-order chi connectivity index (χ1) is 17.8. The van der Waals surface area contributed by atoms with Crippen molar-refractivity contribution < 1.29 is 26.7 Å². The van der Waals surface area contributed by atoms with Crippen LogP contribution in [0.5, 0.6) is 0 Å². The molecule has 0 radical (unpaired) electrons. The highest BCUT2D eigenvalue weighted by atomic mass is 35.5. The number of alkyl halides is 3. The second kappa shape index (κ2) is 9.45. The molecule has 0 aliphatic heterocycles. The number of aromatic nitrogens is 2. The molecule has 1 saturated carbocycles. The molecule has 1 aliphatic carbocycles. The van der Waals surface area contributed by atoms with Gasteiger partial charge in [0.2, 0.25) is 10.0 Å². The maximum Gasteiger partial charge on any atom is 0.421 e. The van der Waals surface area contributed by atoms with Crippen molar-refractivity contribution >= 4 is 48.9 Å². The molecule has 0 amide bonds. The first-order valence-electron chi connectivity index (χ1n) is 11.5. The Morgan fingerprint density at radius 2 is 1.95 bits per heavy atom. The standard InChI is InChI=1S/C25H22ClF3N4O3S2/c1-24(34,25(27,28)29)13-9-10-31-18(11-13)15-3-2-4-16-21(22-17(26)7-8-20(30)33-22)19(37-23(15)16)12-32-38(35,36)14-5-6-14/h2-4,7-11,14,32,34H,5-6,12H2,1H3,(H2,30,33)/t24-/m1/s1. The van der Waals surface area contributed by atoms with Crippen LogP contribution in [-0.4, -0.2) is 34.9 Å². The van der Waals surface area contributed by atoms with Crippen LogP contribution in [0.25, 0.3) is 32.6 Å². The van der Waals surface area contributed by atoms with Gasteiger partial charge in [-0.1, -0.05) is 29.8 Å². The number of hydrogen-bond acceptors (Lipinski definition) is 7. The van der Waals surface area contributed by atoms with E-state index in [0.29, 0.717) is 56.6 Å². The first kappa shape index (κ1) is 26.8. The number of thiophene rings is 1. The molecule has 7 nitrogen and oxygen atoms in total. The van der Waals surface area contributed by atoms with Gasteiger partial charge >= 0.3 is 6.18 Å². The van der Waals surface area contributed by atoms with Gasteiger partial charge in [0.05, 0.1) is 21.7 Å². The van der Waals surface area contributed by atoms with Gasteiger partial charge in [0, 0.05) is 38.8 Å². The number of fused-ring (bicyclic) bond motifs is 1. The van der Waals surface area contributed by atoms with Gasteiger partial charge in [0.25, 0.3) is 0 Å². The summed E-state index contributed by atoms with van der Waals surface area (Å²) in [4.78, 5) is 9.27. The molecule has 0 spiro atoms. The fourth-order valence-electron chi connectivity index (χ4n) is 4.09. The number of nitrogens with one attached hydrogen (secondary N) is 1. The van der Waals surface area contributed by atoms with E-state index in [0.717, 1.165) is 6.07 Å². The van der Waals surface area contributed by atoms with Crippen molar-refractivity contribution in [2.45, 2.75) is 43.3 Å². The SMILES string of the molecule is C[C@@](O)(c1ccnc(-c2cccc3c(-c4nc(N)ccc4Cl)c(CNS(=O)(=O)C4CC4)sc23)c1)C(F)(F)F. The summed E-state index contributed by atoms with van der Waals surface area (Å²) < 4.78 is 68.9. The number of nitrogens with two attached hydrogens (primary N) is 1. The molecule has 1 aromatic carbocycles. The molecule has 0 saturated heterocycles. The lowest BCUT2D eigenvalue weighted by molar-refractivity contribution is -0.258. The van der Waals surface area contributed by atoms with Crippen LogP contribution >= 0.6 is 22.9 Å². The molecule has 200 valence electrons. The molecule has 3 heterocycles. The predicted octanol–water partition coefficient (Wildman–Crippen LogP) is 5.61. The Morgan fingerprint density at radius 3 is 2.63 bits per heavy atom. The molecule has 4 aromatic rings. The lowest BCUT2D eigenvalue weighted by Crippen LogP contribution is -2.39. The third-order valence-electron chi connectivity index (χ3n) is 6.44. The molecule has 13 heteroatoms. The van der Waals surface area contributed by atoms with E-state index in [-0.39, 0.29) is 23.6 Å². The van der Waals surface area contributed by atoms with Crippen molar-refractivity contribution in [3.8, 4) is 22.5 Å². The van der Waals surface area contributed by atoms with Crippen molar-refractivity contribution in [2.75, 3.05) is 5.73 Å². The average molecular weight is 583 g/mol. The van der Waals surface area contributed by atoms with E-state index in [2.05, 4.69) is 14.7 Å². The van der Waals surface area contributed by atoms with E-state index >= 15 is 0 Å². The monoisotopic (exact) mass is 582 g/mol. The van der Waals surface area contributed by atoms with E-state index in [1.807, 2.05) is 0 Å². The van der Waals surface area contributed by atoms with Crippen molar-refractivity contribution in [1.29, 1.82) is 0 Å². The molecule has 0 bridgehead atoms. The van der Waals surface area contributed by atoms with Gasteiger partial charge in [-0.05, 0) is 49.6 Å². The molecule has 4 N–H and O–H groups in total. The number of sulfonamides is 1. The molecule has 38 heavy (non-hydrogen) atoms.